The summed E-state index contributed by atoms with van der Waals surface area (Å²) in [5, 5.41) is 2.89. The van der Waals surface area contributed by atoms with Gasteiger partial charge in [-0.15, -0.1) is 0 Å². The van der Waals surface area contributed by atoms with Crippen molar-refractivity contribution in [2.75, 3.05) is 37.0 Å². The van der Waals surface area contributed by atoms with Crippen molar-refractivity contribution < 1.29 is 19.1 Å². The molecule has 2 aliphatic rings. The van der Waals surface area contributed by atoms with Crippen LogP contribution in [0.5, 0.6) is 11.8 Å². The summed E-state index contributed by atoms with van der Waals surface area (Å²) >= 11 is 0. The van der Waals surface area contributed by atoms with Gasteiger partial charge in [-0.05, 0) is 18.2 Å². The van der Waals surface area contributed by atoms with Crippen molar-refractivity contribution in [2.45, 2.75) is 18.9 Å². The van der Waals surface area contributed by atoms with Crippen molar-refractivity contribution in [2.24, 2.45) is 0 Å². The Morgan fingerprint density at radius 3 is 2.75 bits per heavy atom. The molecule has 3 heterocycles. The molecule has 0 spiro atoms. The molecule has 28 heavy (non-hydrogen) atoms. The first-order valence-corrected chi connectivity index (χ1v) is 9.13. The molecule has 1 aromatic heterocycles. The number of rotatable bonds is 3. The van der Waals surface area contributed by atoms with E-state index in [9.17, 15) is 9.59 Å². The lowest BCUT2D eigenvalue weighted by molar-refractivity contribution is -0.120. The number of nitrogens with zero attached hydrogens (tertiary/aromatic N) is 4. The lowest BCUT2D eigenvalue weighted by Crippen LogP contribution is -2.43. The molecule has 0 aliphatic carbocycles. The fraction of sp³-hybridized carbons (Fsp3) is 0.368. The van der Waals surface area contributed by atoms with Crippen LogP contribution >= 0.6 is 0 Å². The number of nitrogens with one attached hydrogen (secondary N) is 1. The Labute approximate surface area is 162 Å². The second kappa shape index (κ2) is 7.71. The van der Waals surface area contributed by atoms with Gasteiger partial charge in [0, 0.05) is 57.1 Å². The number of carbonyl (C=O) groups is 2. The van der Waals surface area contributed by atoms with Crippen LogP contribution < -0.4 is 19.7 Å². The maximum Gasteiger partial charge on any atom is 0.321 e. The van der Waals surface area contributed by atoms with E-state index in [1.165, 1.54) is 0 Å². The Balaban J connectivity index is 1.32. The number of amides is 3. The molecule has 0 radical (unpaired) electrons. The quantitative estimate of drug-likeness (QED) is 0.870. The smallest absolute Gasteiger partial charge is 0.321 e. The number of piperidine rings is 1. The van der Waals surface area contributed by atoms with Gasteiger partial charge in [0.05, 0.1) is 5.69 Å². The van der Waals surface area contributed by atoms with Crippen molar-refractivity contribution in [3.05, 3.63) is 36.7 Å². The summed E-state index contributed by atoms with van der Waals surface area (Å²) in [6.45, 7) is 1.17. The number of likely N-dealkylation sites (tertiary alicyclic amines) is 1. The summed E-state index contributed by atoms with van der Waals surface area (Å²) in [7, 11) is 1.70. The summed E-state index contributed by atoms with van der Waals surface area (Å²) in [4.78, 5) is 35.7. The van der Waals surface area contributed by atoms with E-state index in [4.69, 9.17) is 9.47 Å². The van der Waals surface area contributed by atoms with Crippen molar-refractivity contribution in [1.82, 2.24) is 14.9 Å². The van der Waals surface area contributed by atoms with Crippen LogP contribution in [-0.2, 0) is 4.79 Å². The molecule has 0 unspecified atom stereocenters. The van der Waals surface area contributed by atoms with E-state index in [0.29, 0.717) is 49.1 Å². The van der Waals surface area contributed by atoms with Crippen LogP contribution in [0.4, 0.5) is 16.2 Å². The topological polar surface area (TPSA) is 96.9 Å². The van der Waals surface area contributed by atoms with Gasteiger partial charge in [-0.3, -0.25) is 4.79 Å². The minimum atomic E-state index is -0.172. The summed E-state index contributed by atoms with van der Waals surface area (Å²) in [5.41, 5.74) is 1.32. The number of urea groups is 1. The first-order chi connectivity index (χ1) is 13.6. The van der Waals surface area contributed by atoms with Gasteiger partial charge in [0.1, 0.15) is 11.9 Å². The fourth-order valence-electron chi connectivity index (χ4n) is 3.23. The number of hydrogen-bond donors (Lipinski definition) is 1. The first kappa shape index (κ1) is 18.0. The number of aromatic nitrogens is 2. The van der Waals surface area contributed by atoms with E-state index in [0.717, 1.165) is 0 Å². The second-order valence-electron chi connectivity index (χ2n) is 6.69. The van der Waals surface area contributed by atoms with Crippen LogP contribution in [0.2, 0.25) is 0 Å². The average Bonchev–Trinajstić information content (AvgIpc) is 2.72. The van der Waals surface area contributed by atoms with E-state index < -0.39 is 0 Å². The Morgan fingerprint density at radius 2 is 2.00 bits per heavy atom. The van der Waals surface area contributed by atoms with Crippen molar-refractivity contribution in [3.63, 3.8) is 0 Å². The molecule has 0 saturated carbocycles. The average molecular weight is 383 g/mol. The number of fused-ring (bicyclic) bond motifs is 1. The van der Waals surface area contributed by atoms with Gasteiger partial charge in [0.2, 0.25) is 0 Å². The Hall–Kier alpha value is -3.36. The fourth-order valence-corrected chi connectivity index (χ4v) is 3.23. The molecule has 2 aromatic rings. The van der Waals surface area contributed by atoms with Gasteiger partial charge in [-0.25, -0.2) is 14.8 Å². The third-order valence-corrected chi connectivity index (χ3v) is 4.84. The third kappa shape index (κ3) is 3.83. The molecule has 1 saturated heterocycles. The molecule has 9 heteroatoms. The van der Waals surface area contributed by atoms with Crippen LogP contribution in [0, 0.1) is 0 Å². The molecule has 0 atom stereocenters. The molecule has 1 N–H and O–H groups in total. The number of carbonyl (C=O) groups excluding carboxylic acids is 2. The van der Waals surface area contributed by atoms with Gasteiger partial charge >= 0.3 is 12.0 Å². The molecular weight excluding hydrogens is 362 g/mol. The highest BCUT2D eigenvalue weighted by molar-refractivity contribution is 5.98. The molecule has 1 aromatic carbocycles. The number of anilines is 2. The maximum atomic E-state index is 12.6. The van der Waals surface area contributed by atoms with Crippen molar-refractivity contribution >= 4 is 23.3 Å². The second-order valence-corrected chi connectivity index (χ2v) is 6.69. The zero-order chi connectivity index (χ0) is 19.5. The third-order valence-electron chi connectivity index (χ3n) is 4.84. The zero-order valence-electron chi connectivity index (χ0n) is 15.5. The van der Waals surface area contributed by atoms with E-state index in [1.54, 1.807) is 53.5 Å². The number of benzene rings is 1. The van der Waals surface area contributed by atoms with E-state index >= 15 is 0 Å². The van der Waals surface area contributed by atoms with Gasteiger partial charge in [0.25, 0.3) is 5.91 Å². The highest BCUT2D eigenvalue weighted by Crippen LogP contribution is 2.33. The number of ether oxygens (including phenoxy) is 2. The van der Waals surface area contributed by atoms with Crippen LogP contribution in [-0.4, -0.2) is 59.7 Å². The Morgan fingerprint density at radius 1 is 1.25 bits per heavy atom. The lowest BCUT2D eigenvalue weighted by Gasteiger charge is -2.32. The molecule has 4 rings (SSSR count). The van der Waals surface area contributed by atoms with Crippen LogP contribution in [0.25, 0.3) is 0 Å². The van der Waals surface area contributed by atoms with Gasteiger partial charge < -0.3 is 24.6 Å². The standard InChI is InChI=1S/C19H21N5O4/c1-23-15-4-3-13(11-16(15)27-12-17(23)25)22-19(26)24-9-5-14(6-10-24)28-18-20-7-2-8-21-18/h2-4,7-8,11,14H,5-6,9-10,12H2,1H3,(H,22,26). The summed E-state index contributed by atoms with van der Waals surface area (Å²) in [6.07, 6.45) is 4.70. The Kier molecular flexibility index (Phi) is 4.96. The number of likely N-dealkylation sites (N-methyl/N-ethyl adjacent to an activating group) is 1. The largest absolute Gasteiger partial charge is 0.481 e. The minimum Gasteiger partial charge on any atom is -0.481 e. The highest BCUT2D eigenvalue weighted by atomic mass is 16.5. The molecule has 1 fully saturated rings. The van der Waals surface area contributed by atoms with Gasteiger partial charge in [0.15, 0.2) is 6.61 Å². The lowest BCUT2D eigenvalue weighted by atomic mass is 10.1. The predicted molar refractivity (Wildman–Crippen MR) is 102 cm³/mol. The molecule has 146 valence electrons. The van der Waals surface area contributed by atoms with Gasteiger partial charge in [-0.1, -0.05) is 0 Å². The molecule has 3 amide bonds. The van der Waals surface area contributed by atoms with Crippen molar-refractivity contribution in [1.29, 1.82) is 0 Å². The molecule has 9 nitrogen and oxygen atoms in total. The van der Waals surface area contributed by atoms with E-state index in [-0.39, 0.29) is 24.6 Å². The normalized spacial score (nSPS) is 17.0. The van der Waals surface area contributed by atoms with Gasteiger partial charge in [-0.2, -0.15) is 0 Å². The van der Waals surface area contributed by atoms with Crippen LogP contribution in [0.15, 0.2) is 36.7 Å². The van der Waals surface area contributed by atoms with E-state index in [1.807, 2.05) is 0 Å². The Bertz CT molecular complexity index is 868. The zero-order valence-corrected chi connectivity index (χ0v) is 15.5. The summed E-state index contributed by atoms with van der Waals surface area (Å²) < 4.78 is 11.2. The van der Waals surface area contributed by atoms with Crippen LogP contribution in [0.1, 0.15) is 12.8 Å². The number of hydrogen-bond acceptors (Lipinski definition) is 6. The minimum absolute atomic E-state index is 0.000455. The maximum absolute atomic E-state index is 12.6. The van der Waals surface area contributed by atoms with Crippen molar-refractivity contribution in [3.8, 4) is 11.8 Å². The molecular formula is C19H21N5O4. The SMILES string of the molecule is CN1C(=O)COc2cc(NC(=O)N3CCC(Oc4ncccn4)CC3)ccc21. The molecule has 2 aliphatic heterocycles. The first-order valence-electron chi connectivity index (χ1n) is 9.13. The van der Waals surface area contributed by atoms with E-state index in [2.05, 4.69) is 15.3 Å². The highest BCUT2D eigenvalue weighted by Gasteiger charge is 2.26. The molecule has 0 bridgehead atoms. The van der Waals surface area contributed by atoms with Crippen LogP contribution in [0.3, 0.4) is 0 Å². The summed E-state index contributed by atoms with van der Waals surface area (Å²) in [5.74, 6) is 0.477. The predicted octanol–water partition coefficient (Wildman–Crippen LogP) is 1.91. The summed E-state index contributed by atoms with van der Waals surface area (Å²) in [6, 6.07) is 7.19. The monoisotopic (exact) mass is 383 g/mol.